The van der Waals surface area contributed by atoms with E-state index in [1.165, 1.54) is 11.8 Å². The number of allylic oxidation sites excluding steroid dienone is 2. The van der Waals surface area contributed by atoms with E-state index >= 15 is 0 Å². The molecule has 20 unspecified atom stereocenters. The van der Waals surface area contributed by atoms with Crippen LogP contribution in [0.2, 0.25) is 0 Å². The molecule has 8 bridgehead atoms. The summed E-state index contributed by atoms with van der Waals surface area (Å²) in [5.74, 6) is -8.41. The van der Waals surface area contributed by atoms with Gasteiger partial charge in [-0.3, -0.25) is 9.59 Å². The Morgan fingerprint density at radius 3 is 1.35 bits per heavy atom. The van der Waals surface area contributed by atoms with Gasteiger partial charge in [-0.25, -0.2) is 9.59 Å². The van der Waals surface area contributed by atoms with E-state index in [4.69, 9.17) is 18.9 Å². The molecule has 4 saturated carbocycles. The van der Waals surface area contributed by atoms with Crippen molar-refractivity contribution in [3.8, 4) is 0 Å². The number of esters is 2. The van der Waals surface area contributed by atoms with Gasteiger partial charge < -0.3 is 39.4 Å². The summed E-state index contributed by atoms with van der Waals surface area (Å²) in [6.45, 7) is 11.0. The van der Waals surface area contributed by atoms with Crippen molar-refractivity contribution >= 4 is 35.3 Å². The van der Waals surface area contributed by atoms with E-state index in [1.807, 2.05) is 27.7 Å². The van der Waals surface area contributed by atoms with Gasteiger partial charge in [-0.2, -0.15) is 11.8 Å². The molecule has 0 aromatic carbocycles. The summed E-state index contributed by atoms with van der Waals surface area (Å²) in [7, 11) is 0. The molecule has 6 aliphatic heterocycles. The maximum Gasteiger partial charge on any atom is 0.341 e. The van der Waals surface area contributed by atoms with Crippen LogP contribution in [0.4, 0.5) is 0 Å². The van der Waals surface area contributed by atoms with Crippen molar-refractivity contribution in [3.05, 3.63) is 22.7 Å². The minimum atomic E-state index is -1.65. The summed E-state index contributed by atoms with van der Waals surface area (Å²) in [4.78, 5) is 57.7. The number of aliphatic hydroxyl groups is 4. The third-order valence-corrected chi connectivity index (χ3v) is 17.2. The highest BCUT2D eigenvalue weighted by Crippen LogP contribution is 2.77. The molecule has 12 rings (SSSR count). The Morgan fingerprint density at radius 1 is 0.608 bits per heavy atom. The molecule has 0 aromatic rings. The predicted octanol–water partition coefficient (Wildman–Crippen LogP) is 2.73. The van der Waals surface area contributed by atoms with Gasteiger partial charge in [0.1, 0.15) is 34.2 Å². The summed E-state index contributed by atoms with van der Waals surface area (Å²) in [6, 6.07) is 0. The molecule has 0 amide bonds. The van der Waals surface area contributed by atoms with Crippen LogP contribution in [-0.4, -0.2) is 101 Å². The fourth-order valence-corrected chi connectivity index (χ4v) is 16.2. The van der Waals surface area contributed by atoms with Crippen LogP contribution in [0, 0.1) is 59.2 Å². The van der Waals surface area contributed by atoms with Crippen LogP contribution in [0.1, 0.15) is 67.2 Å². The zero-order valence-electron chi connectivity index (χ0n) is 29.5. The molecule has 10 fully saturated rings. The molecule has 20 atom stereocenters. The summed E-state index contributed by atoms with van der Waals surface area (Å²) in [5.41, 5.74) is -6.30. The van der Waals surface area contributed by atoms with Crippen molar-refractivity contribution in [1.29, 1.82) is 0 Å². The smallest absolute Gasteiger partial charge is 0.341 e. The number of fused-ring (bicyclic) bond motifs is 2. The van der Waals surface area contributed by atoms with E-state index in [2.05, 4.69) is 0 Å². The number of Topliss-reactive ketones (excluding diaryl/α,β-unsaturated/α-hetero) is 2. The minimum absolute atomic E-state index is 0.0404. The van der Waals surface area contributed by atoms with Gasteiger partial charge in [0.05, 0.1) is 36.3 Å². The van der Waals surface area contributed by atoms with E-state index in [1.54, 1.807) is 13.8 Å². The van der Waals surface area contributed by atoms with E-state index in [0.29, 0.717) is 12.8 Å². The van der Waals surface area contributed by atoms with Gasteiger partial charge >= 0.3 is 11.9 Å². The first-order valence-corrected chi connectivity index (χ1v) is 19.7. The maximum absolute atomic E-state index is 15.0. The van der Waals surface area contributed by atoms with E-state index in [-0.39, 0.29) is 58.9 Å². The zero-order chi connectivity index (χ0) is 36.2. The number of hydrogen-bond acceptors (Lipinski definition) is 13. The van der Waals surface area contributed by atoms with Crippen molar-refractivity contribution in [3.63, 3.8) is 0 Å². The summed E-state index contributed by atoms with van der Waals surface area (Å²) < 4.78 is 26.4. The third kappa shape index (κ3) is 3.28. The van der Waals surface area contributed by atoms with Gasteiger partial charge in [-0.15, -0.1) is 0 Å². The zero-order valence-corrected chi connectivity index (χ0v) is 30.3. The average Bonchev–Trinajstić information content (AvgIpc) is 3.57. The third-order valence-electron chi connectivity index (χ3n) is 15.5. The highest BCUT2D eigenvalue weighted by Gasteiger charge is 2.90. The molecule has 12 nitrogen and oxygen atoms in total. The molecular weight excluding hydrogens is 680 g/mol. The number of aliphatic hydroxyl groups excluding tert-OH is 4. The number of carbonyl (C=O) groups excluding carboxylic acids is 4. The molecule has 4 spiro atoms. The number of ether oxygens (including phenoxy) is 4. The Hall–Kier alpha value is -2.45. The first kappa shape index (κ1) is 33.1. The number of ketones is 2. The lowest BCUT2D eigenvalue weighted by Gasteiger charge is -2.58. The molecule has 0 radical (unpaired) electrons. The molecule has 6 saturated heterocycles. The molecule has 51 heavy (non-hydrogen) atoms. The minimum Gasteiger partial charge on any atom is -0.511 e. The van der Waals surface area contributed by atoms with Gasteiger partial charge in [-0.1, -0.05) is 41.5 Å². The normalized spacial score (nSPS) is 59.0. The monoisotopic (exact) mass is 726 g/mol. The standard InChI is InChI=1S/C38H46O12S/c1-11-7-13(3)25(41)21-33(45)49-35-9-15(5)29-27(43)17(35)31(19(23(11)39)37(21,35)47-29)51-32-18-28(44)30-16(6)10-36(18)38(48-30)20(32)24(40)12(2)8-14(4)26(42)22(38)34(46)50-36/h11-20,27-32,41-44H,7-10H2,1-6H3. The molecule has 6 aliphatic carbocycles. The van der Waals surface area contributed by atoms with E-state index in [9.17, 15) is 39.6 Å². The van der Waals surface area contributed by atoms with Crippen molar-refractivity contribution < 1.29 is 58.6 Å². The fourth-order valence-electron chi connectivity index (χ4n) is 13.8. The lowest BCUT2D eigenvalue weighted by Crippen LogP contribution is -2.72. The summed E-state index contributed by atoms with van der Waals surface area (Å²) in [5, 5.41) is 46.3. The lowest BCUT2D eigenvalue weighted by molar-refractivity contribution is -0.300. The Labute approximate surface area is 299 Å². The number of thioether (sulfide) groups is 1. The van der Waals surface area contributed by atoms with Crippen molar-refractivity contribution in [2.24, 2.45) is 59.2 Å². The van der Waals surface area contributed by atoms with Crippen LogP contribution in [0.25, 0.3) is 0 Å². The second-order valence-electron chi connectivity index (χ2n) is 18.0. The van der Waals surface area contributed by atoms with E-state index < -0.39 is 117 Å². The second kappa shape index (κ2) is 9.80. The second-order valence-corrected chi connectivity index (χ2v) is 19.4. The van der Waals surface area contributed by atoms with Gasteiger partial charge in [0.15, 0.2) is 22.4 Å². The van der Waals surface area contributed by atoms with Crippen LogP contribution in [0.5, 0.6) is 0 Å². The van der Waals surface area contributed by atoms with Crippen molar-refractivity contribution in [2.45, 2.75) is 125 Å². The molecule has 12 aliphatic rings. The fraction of sp³-hybridized carbons (Fsp3) is 0.789. The van der Waals surface area contributed by atoms with Crippen LogP contribution >= 0.6 is 11.8 Å². The van der Waals surface area contributed by atoms with E-state index in [0.717, 1.165) is 0 Å². The molecule has 6 heterocycles. The quantitative estimate of drug-likeness (QED) is 0.305. The van der Waals surface area contributed by atoms with Crippen LogP contribution < -0.4 is 0 Å². The molecule has 4 N–H and O–H groups in total. The van der Waals surface area contributed by atoms with Crippen LogP contribution in [0.15, 0.2) is 22.7 Å². The highest BCUT2D eigenvalue weighted by molar-refractivity contribution is 8.00. The number of rotatable bonds is 2. The number of carbonyl (C=O) groups is 4. The van der Waals surface area contributed by atoms with Crippen LogP contribution in [-0.2, 0) is 38.1 Å². The van der Waals surface area contributed by atoms with Gasteiger partial charge in [0.2, 0.25) is 0 Å². The van der Waals surface area contributed by atoms with Gasteiger partial charge in [-0.05, 0) is 37.5 Å². The Kier molecular flexibility index (Phi) is 6.37. The summed E-state index contributed by atoms with van der Waals surface area (Å²) >= 11 is 1.32. The molecule has 0 aromatic heterocycles. The maximum atomic E-state index is 15.0. The Balaban J connectivity index is 1.20. The topological polar surface area (TPSA) is 186 Å². The molecule has 13 heteroatoms. The average molecular weight is 727 g/mol. The predicted molar refractivity (Wildman–Crippen MR) is 177 cm³/mol. The van der Waals surface area contributed by atoms with Gasteiger partial charge in [0, 0.05) is 46.0 Å². The van der Waals surface area contributed by atoms with Crippen molar-refractivity contribution in [1.82, 2.24) is 0 Å². The largest absolute Gasteiger partial charge is 0.511 e. The van der Waals surface area contributed by atoms with Crippen molar-refractivity contribution in [2.75, 3.05) is 0 Å². The lowest BCUT2D eigenvalue weighted by atomic mass is 9.59. The Morgan fingerprint density at radius 2 is 0.980 bits per heavy atom. The van der Waals surface area contributed by atoms with Crippen LogP contribution in [0.3, 0.4) is 0 Å². The van der Waals surface area contributed by atoms with Gasteiger partial charge in [0.25, 0.3) is 0 Å². The highest BCUT2D eigenvalue weighted by atomic mass is 32.2. The molecule has 276 valence electrons. The summed E-state index contributed by atoms with van der Waals surface area (Å²) in [6.07, 6.45) is -2.57. The first-order valence-electron chi connectivity index (χ1n) is 18.8. The SMILES string of the molecule is CC1CC(C)C(O)=C2C(=O)OC34CC(C)C5OC23C(C1=O)C(SC1C2C(O)C3OC67C(=C(O)C(C)CC(C)C(=O)C16)C(=O)OC27CC3C)C4C5O. The first-order chi connectivity index (χ1) is 24.0. The molecular formula is C38H46O12S. The number of hydrogen-bond donors (Lipinski definition) is 4. The Bertz CT molecular complexity index is 1660.